The Morgan fingerprint density at radius 3 is 2.78 bits per heavy atom. The third-order valence-corrected chi connectivity index (χ3v) is 2.96. The quantitative estimate of drug-likeness (QED) is 0.914. The molecule has 0 fully saturated rings. The summed E-state index contributed by atoms with van der Waals surface area (Å²) in [5.74, 6) is 2.32. The van der Waals surface area contributed by atoms with Crippen LogP contribution in [0.1, 0.15) is 25.0 Å². The fourth-order valence-corrected chi connectivity index (χ4v) is 2.12. The van der Waals surface area contributed by atoms with Crippen LogP contribution in [0.2, 0.25) is 0 Å². The van der Waals surface area contributed by atoms with Gasteiger partial charge in [0.15, 0.2) is 11.5 Å². The molecule has 102 valence electrons. The number of halogens is 1. The molecule has 0 radical (unpaired) electrons. The highest BCUT2D eigenvalue weighted by atomic mass is 35.5. The Hall–Kier alpha value is -0.930. The zero-order valence-electron chi connectivity index (χ0n) is 11.3. The number of benzene rings is 1. The fourth-order valence-electron chi connectivity index (χ4n) is 2.12. The van der Waals surface area contributed by atoms with Gasteiger partial charge in [-0.15, -0.1) is 12.4 Å². The van der Waals surface area contributed by atoms with Crippen LogP contribution in [-0.4, -0.2) is 20.3 Å². The molecule has 1 heterocycles. The van der Waals surface area contributed by atoms with E-state index in [9.17, 15) is 0 Å². The average Bonchev–Trinajstić information content (AvgIpc) is 2.35. The lowest BCUT2D eigenvalue weighted by Crippen LogP contribution is -2.24. The Bertz CT molecular complexity index is 394. The van der Waals surface area contributed by atoms with E-state index in [0.29, 0.717) is 5.92 Å². The van der Waals surface area contributed by atoms with E-state index < -0.39 is 0 Å². The van der Waals surface area contributed by atoms with Gasteiger partial charge in [0, 0.05) is 12.1 Å². The van der Waals surface area contributed by atoms with E-state index in [2.05, 4.69) is 25.2 Å². The van der Waals surface area contributed by atoms with Gasteiger partial charge in [-0.25, -0.2) is 0 Å². The molecule has 0 aliphatic carbocycles. The topological polar surface area (TPSA) is 30.5 Å². The van der Waals surface area contributed by atoms with Gasteiger partial charge in [-0.3, -0.25) is 0 Å². The smallest absolute Gasteiger partial charge is 0.164 e. The maximum Gasteiger partial charge on any atom is 0.164 e. The maximum absolute atomic E-state index is 5.81. The van der Waals surface area contributed by atoms with Crippen molar-refractivity contribution in [3.63, 3.8) is 0 Å². The zero-order valence-corrected chi connectivity index (χ0v) is 12.1. The van der Waals surface area contributed by atoms with Gasteiger partial charge < -0.3 is 14.8 Å². The molecule has 1 aliphatic heterocycles. The van der Waals surface area contributed by atoms with Crippen LogP contribution in [0.15, 0.2) is 12.1 Å². The first kappa shape index (κ1) is 15.1. The van der Waals surface area contributed by atoms with Crippen LogP contribution in [0, 0.1) is 5.92 Å². The summed E-state index contributed by atoms with van der Waals surface area (Å²) >= 11 is 0. The zero-order chi connectivity index (χ0) is 12.3. The second-order valence-electron chi connectivity index (χ2n) is 4.87. The first-order valence-corrected chi connectivity index (χ1v) is 6.24. The Balaban J connectivity index is 0.00000162. The number of rotatable bonds is 4. The van der Waals surface area contributed by atoms with E-state index >= 15 is 0 Å². The minimum absolute atomic E-state index is 0. The molecule has 1 N–H and O–H groups in total. The van der Waals surface area contributed by atoms with Crippen LogP contribution in [0.4, 0.5) is 0 Å². The number of nitrogens with one attached hydrogen (secondary N) is 1. The lowest BCUT2D eigenvalue weighted by atomic mass is 9.99. The summed E-state index contributed by atoms with van der Waals surface area (Å²) in [5, 5.41) is 3.37. The molecule has 0 saturated carbocycles. The molecular weight excluding hydrogens is 250 g/mol. The van der Waals surface area contributed by atoms with Crippen molar-refractivity contribution in [1.82, 2.24) is 5.32 Å². The predicted octanol–water partition coefficient (Wildman–Crippen LogP) is 2.80. The molecule has 0 spiro atoms. The molecule has 0 aromatic heterocycles. The number of ether oxygens (including phenoxy) is 2. The van der Waals surface area contributed by atoms with Crippen molar-refractivity contribution in [3.05, 3.63) is 23.3 Å². The second-order valence-corrected chi connectivity index (χ2v) is 4.87. The van der Waals surface area contributed by atoms with Crippen LogP contribution in [0.5, 0.6) is 11.5 Å². The third kappa shape index (κ3) is 3.30. The monoisotopic (exact) mass is 271 g/mol. The highest BCUT2D eigenvalue weighted by Gasteiger charge is 2.17. The van der Waals surface area contributed by atoms with E-state index in [1.807, 2.05) is 6.07 Å². The normalized spacial score (nSPS) is 13.8. The van der Waals surface area contributed by atoms with Gasteiger partial charge in [0.05, 0.1) is 13.7 Å². The van der Waals surface area contributed by atoms with Crippen LogP contribution >= 0.6 is 12.4 Å². The summed E-state index contributed by atoms with van der Waals surface area (Å²) in [6.07, 6.45) is 1.01. The maximum atomic E-state index is 5.81. The molecular formula is C14H22ClNO2. The minimum atomic E-state index is 0. The second kappa shape index (κ2) is 6.86. The van der Waals surface area contributed by atoms with Gasteiger partial charge in [0.25, 0.3) is 0 Å². The molecule has 1 aromatic rings. The average molecular weight is 272 g/mol. The van der Waals surface area contributed by atoms with Gasteiger partial charge in [-0.1, -0.05) is 19.9 Å². The lowest BCUT2D eigenvalue weighted by molar-refractivity contribution is 0.255. The molecule has 18 heavy (non-hydrogen) atoms. The summed E-state index contributed by atoms with van der Waals surface area (Å²) in [7, 11) is 1.72. The van der Waals surface area contributed by atoms with Crippen molar-refractivity contribution < 1.29 is 9.47 Å². The van der Waals surface area contributed by atoms with Crippen LogP contribution in [-0.2, 0) is 13.0 Å². The van der Waals surface area contributed by atoms with Crippen molar-refractivity contribution in [2.75, 3.05) is 20.3 Å². The molecule has 1 aliphatic rings. The number of hydrogen-bond donors (Lipinski definition) is 1. The Kier molecular flexibility index (Phi) is 5.76. The van der Waals surface area contributed by atoms with Crippen LogP contribution in [0.25, 0.3) is 0 Å². The van der Waals surface area contributed by atoms with Crippen molar-refractivity contribution >= 4 is 12.4 Å². The first-order valence-electron chi connectivity index (χ1n) is 6.24. The van der Waals surface area contributed by atoms with E-state index in [0.717, 1.165) is 37.6 Å². The highest BCUT2D eigenvalue weighted by Crippen LogP contribution is 2.35. The molecule has 2 rings (SSSR count). The van der Waals surface area contributed by atoms with Crippen molar-refractivity contribution in [2.45, 2.75) is 26.8 Å². The molecule has 1 aromatic carbocycles. The van der Waals surface area contributed by atoms with Crippen LogP contribution < -0.4 is 14.8 Å². The third-order valence-electron chi connectivity index (χ3n) is 2.96. The van der Waals surface area contributed by atoms with Gasteiger partial charge in [-0.2, -0.15) is 0 Å². The number of methoxy groups -OCH3 is 1. The Morgan fingerprint density at radius 2 is 2.11 bits per heavy atom. The summed E-state index contributed by atoms with van der Waals surface area (Å²) in [5.41, 5.74) is 2.62. The van der Waals surface area contributed by atoms with E-state index in [1.54, 1.807) is 7.11 Å². The molecule has 0 amide bonds. The van der Waals surface area contributed by atoms with Crippen molar-refractivity contribution in [1.29, 1.82) is 0 Å². The van der Waals surface area contributed by atoms with Gasteiger partial charge in [0.1, 0.15) is 0 Å². The van der Waals surface area contributed by atoms with Gasteiger partial charge in [-0.05, 0) is 30.5 Å². The molecule has 0 bridgehead atoms. The summed E-state index contributed by atoms with van der Waals surface area (Å²) in [6.45, 7) is 6.96. The lowest BCUT2D eigenvalue weighted by Gasteiger charge is -2.22. The SMILES string of the molecule is COc1c(OCC(C)C)ccc2c1CCNC2.Cl. The molecule has 4 heteroatoms. The van der Waals surface area contributed by atoms with E-state index in [4.69, 9.17) is 9.47 Å². The predicted molar refractivity (Wildman–Crippen MR) is 76.0 cm³/mol. The van der Waals surface area contributed by atoms with Gasteiger partial charge in [0.2, 0.25) is 0 Å². The first-order chi connectivity index (χ1) is 8.22. The molecule has 0 unspecified atom stereocenters. The number of hydrogen-bond acceptors (Lipinski definition) is 3. The minimum Gasteiger partial charge on any atom is -0.493 e. The van der Waals surface area contributed by atoms with E-state index in [-0.39, 0.29) is 12.4 Å². The van der Waals surface area contributed by atoms with E-state index in [1.165, 1.54) is 11.1 Å². The fraction of sp³-hybridized carbons (Fsp3) is 0.571. The highest BCUT2D eigenvalue weighted by molar-refractivity contribution is 5.85. The molecule has 3 nitrogen and oxygen atoms in total. The van der Waals surface area contributed by atoms with Crippen LogP contribution in [0.3, 0.4) is 0 Å². The van der Waals surface area contributed by atoms with Crippen molar-refractivity contribution in [2.24, 2.45) is 5.92 Å². The summed E-state index contributed by atoms with van der Waals surface area (Å²) < 4.78 is 11.3. The summed E-state index contributed by atoms with van der Waals surface area (Å²) in [4.78, 5) is 0. The summed E-state index contributed by atoms with van der Waals surface area (Å²) in [6, 6.07) is 4.16. The Labute approximate surface area is 115 Å². The van der Waals surface area contributed by atoms with Crippen molar-refractivity contribution in [3.8, 4) is 11.5 Å². The molecule has 0 atom stereocenters. The largest absolute Gasteiger partial charge is 0.493 e. The number of fused-ring (bicyclic) bond motifs is 1. The Morgan fingerprint density at radius 1 is 1.33 bits per heavy atom. The standard InChI is InChI=1S/C14H21NO2.ClH/c1-10(2)9-17-13-5-4-11-8-15-7-6-12(11)14(13)16-3;/h4-5,10,15H,6-9H2,1-3H3;1H. The van der Waals surface area contributed by atoms with Gasteiger partial charge >= 0.3 is 0 Å². The molecule has 0 saturated heterocycles.